The van der Waals surface area contributed by atoms with Crippen LogP contribution in [0, 0.1) is 5.92 Å². The first-order valence-electron chi connectivity index (χ1n) is 5.17. The third-order valence-corrected chi connectivity index (χ3v) is 3.93. The maximum atomic E-state index is 11.9. The smallest absolute Gasteiger partial charge is 0.253 e. The van der Waals surface area contributed by atoms with Gasteiger partial charge in [-0.1, -0.05) is 46.6 Å². The standard InChI is InChI=1S/C12H15BrClNO/c1-8(7-13)9(2)15-12(16)10-5-3-4-6-11(10)14/h3-6,8-9H,7H2,1-2H3,(H,15,16). The second kappa shape index (κ2) is 6.26. The van der Waals surface area contributed by atoms with E-state index in [1.54, 1.807) is 18.2 Å². The molecular formula is C12H15BrClNO. The van der Waals surface area contributed by atoms with Crippen molar-refractivity contribution in [3.8, 4) is 0 Å². The number of alkyl halides is 1. The Balaban J connectivity index is 2.70. The van der Waals surface area contributed by atoms with Crippen molar-refractivity contribution in [1.82, 2.24) is 5.32 Å². The average molecular weight is 305 g/mol. The molecule has 1 aromatic carbocycles. The lowest BCUT2D eigenvalue weighted by molar-refractivity contribution is 0.0931. The van der Waals surface area contributed by atoms with E-state index in [0.29, 0.717) is 16.5 Å². The van der Waals surface area contributed by atoms with Gasteiger partial charge in [-0.15, -0.1) is 0 Å². The van der Waals surface area contributed by atoms with Gasteiger partial charge < -0.3 is 5.32 Å². The van der Waals surface area contributed by atoms with Crippen LogP contribution in [0.3, 0.4) is 0 Å². The molecule has 0 fully saturated rings. The number of carbonyl (C=O) groups is 1. The van der Waals surface area contributed by atoms with Crippen molar-refractivity contribution in [1.29, 1.82) is 0 Å². The topological polar surface area (TPSA) is 29.1 Å². The molecule has 0 aliphatic heterocycles. The second-order valence-electron chi connectivity index (χ2n) is 3.87. The Morgan fingerprint density at radius 2 is 2.06 bits per heavy atom. The minimum absolute atomic E-state index is 0.114. The largest absolute Gasteiger partial charge is 0.349 e. The van der Waals surface area contributed by atoms with Crippen LogP contribution in [0.2, 0.25) is 5.02 Å². The molecule has 88 valence electrons. The number of benzene rings is 1. The van der Waals surface area contributed by atoms with E-state index in [0.717, 1.165) is 5.33 Å². The lowest BCUT2D eigenvalue weighted by Gasteiger charge is -2.19. The minimum Gasteiger partial charge on any atom is -0.349 e. The summed E-state index contributed by atoms with van der Waals surface area (Å²) in [6.07, 6.45) is 0. The Morgan fingerprint density at radius 3 is 2.62 bits per heavy atom. The first-order valence-corrected chi connectivity index (χ1v) is 6.67. The highest BCUT2D eigenvalue weighted by atomic mass is 79.9. The summed E-state index contributed by atoms with van der Waals surface area (Å²) in [5, 5.41) is 4.28. The fourth-order valence-corrected chi connectivity index (χ4v) is 1.99. The molecule has 1 rings (SSSR count). The second-order valence-corrected chi connectivity index (χ2v) is 4.93. The van der Waals surface area contributed by atoms with Gasteiger partial charge in [0, 0.05) is 11.4 Å². The van der Waals surface area contributed by atoms with Crippen molar-refractivity contribution in [2.75, 3.05) is 5.33 Å². The highest BCUT2D eigenvalue weighted by Crippen LogP contribution is 2.15. The quantitative estimate of drug-likeness (QED) is 0.848. The molecule has 0 saturated heterocycles. The van der Waals surface area contributed by atoms with Crippen molar-refractivity contribution in [3.05, 3.63) is 34.9 Å². The minimum atomic E-state index is -0.120. The van der Waals surface area contributed by atoms with Gasteiger partial charge in [0.15, 0.2) is 0 Å². The Labute approximate surface area is 110 Å². The van der Waals surface area contributed by atoms with E-state index < -0.39 is 0 Å². The van der Waals surface area contributed by atoms with Gasteiger partial charge in [-0.2, -0.15) is 0 Å². The van der Waals surface area contributed by atoms with Crippen LogP contribution in [0.1, 0.15) is 24.2 Å². The summed E-state index contributed by atoms with van der Waals surface area (Å²) in [4.78, 5) is 11.9. The molecule has 16 heavy (non-hydrogen) atoms. The summed E-state index contributed by atoms with van der Waals surface area (Å²) in [5.74, 6) is 0.261. The van der Waals surface area contributed by atoms with Gasteiger partial charge in [0.25, 0.3) is 5.91 Å². The maximum absolute atomic E-state index is 11.9. The Kier molecular flexibility index (Phi) is 5.29. The summed E-state index contributed by atoms with van der Waals surface area (Å²) >= 11 is 9.34. The molecule has 0 heterocycles. The van der Waals surface area contributed by atoms with Crippen LogP contribution in [0.4, 0.5) is 0 Å². The summed E-state index contributed by atoms with van der Waals surface area (Å²) in [5.41, 5.74) is 0.526. The number of hydrogen-bond donors (Lipinski definition) is 1. The number of nitrogens with one attached hydrogen (secondary N) is 1. The van der Waals surface area contributed by atoms with Crippen molar-refractivity contribution >= 4 is 33.4 Å². The third-order valence-electron chi connectivity index (χ3n) is 2.57. The third kappa shape index (κ3) is 3.49. The maximum Gasteiger partial charge on any atom is 0.253 e. The van der Waals surface area contributed by atoms with Crippen LogP contribution >= 0.6 is 27.5 Å². The predicted octanol–water partition coefficient (Wildman–Crippen LogP) is 3.49. The van der Waals surface area contributed by atoms with Gasteiger partial charge in [0.1, 0.15) is 0 Å². The molecule has 1 aromatic rings. The van der Waals surface area contributed by atoms with E-state index in [9.17, 15) is 4.79 Å². The Morgan fingerprint density at radius 1 is 1.44 bits per heavy atom. The molecule has 0 spiro atoms. The van der Waals surface area contributed by atoms with Crippen molar-refractivity contribution < 1.29 is 4.79 Å². The lowest BCUT2D eigenvalue weighted by atomic mass is 10.1. The summed E-state index contributed by atoms with van der Waals surface area (Å²) in [7, 11) is 0. The van der Waals surface area contributed by atoms with E-state index in [4.69, 9.17) is 11.6 Å². The van der Waals surface area contributed by atoms with Crippen LogP contribution in [-0.2, 0) is 0 Å². The first-order chi connectivity index (χ1) is 7.56. The van der Waals surface area contributed by atoms with Gasteiger partial charge in [-0.3, -0.25) is 4.79 Å². The van der Waals surface area contributed by atoms with Crippen LogP contribution in [0.25, 0.3) is 0 Å². The van der Waals surface area contributed by atoms with Crippen LogP contribution < -0.4 is 5.32 Å². The normalized spacial score (nSPS) is 14.2. The molecule has 0 bridgehead atoms. The molecule has 1 amide bonds. The first kappa shape index (κ1) is 13.5. The van der Waals surface area contributed by atoms with E-state index in [1.165, 1.54) is 0 Å². The molecule has 0 aliphatic rings. The summed E-state index contributed by atoms with van der Waals surface area (Å²) in [6.45, 7) is 4.06. The number of amides is 1. The van der Waals surface area contributed by atoms with Crippen LogP contribution in [0.5, 0.6) is 0 Å². The summed E-state index contributed by atoms with van der Waals surface area (Å²) < 4.78 is 0. The highest BCUT2D eigenvalue weighted by Gasteiger charge is 2.16. The van der Waals surface area contributed by atoms with E-state index in [-0.39, 0.29) is 11.9 Å². The number of hydrogen-bond acceptors (Lipinski definition) is 1. The molecule has 4 heteroatoms. The zero-order chi connectivity index (χ0) is 12.1. The molecule has 0 saturated carbocycles. The van der Waals surface area contributed by atoms with E-state index in [2.05, 4.69) is 28.2 Å². The number of carbonyl (C=O) groups excluding carboxylic acids is 1. The van der Waals surface area contributed by atoms with Gasteiger partial charge in [0.05, 0.1) is 10.6 Å². The molecule has 2 nitrogen and oxygen atoms in total. The average Bonchev–Trinajstić information content (AvgIpc) is 2.28. The molecule has 2 atom stereocenters. The Bertz CT molecular complexity index is 370. The highest BCUT2D eigenvalue weighted by molar-refractivity contribution is 9.09. The Hall–Kier alpha value is -0.540. The van der Waals surface area contributed by atoms with Gasteiger partial charge in [-0.25, -0.2) is 0 Å². The fourth-order valence-electron chi connectivity index (χ4n) is 1.21. The van der Waals surface area contributed by atoms with Crippen molar-refractivity contribution in [2.24, 2.45) is 5.92 Å². The van der Waals surface area contributed by atoms with Gasteiger partial charge in [0.2, 0.25) is 0 Å². The zero-order valence-corrected chi connectivity index (χ0v) is 11.7. The van der Waals surface area contributed by atoms with Crippen LogP contribution in [0.15, 0.2) is 24.3 Å². The lowest BCUT2D eigenvalue weighted by Crippen LogP contribution is -2.37. The molecular weight excluding hydrogens is 289 g/mol. The van der Waals surface area contributed by atoms with Crippen molar-refractivity contribution in [3.63, 3.8) is 0 Å². The molecule has 0 aromatic heterocycles. The summed E-state index contributed by atoms with van der Waals surface area (Å²) in [6, 6.07) is 7.17. The number of rotatable bonds is 4. The fraction of sp³-hybridized carbons (Fsp3) is 0.417. The molecule has 0 aliphatic carbocycles. The monoisotopic (exact) mass is 303 g/mol. The van der Waals surface area contributed by atoms with E-state index >= 15 is 0 Å². The zero-order valence-electron chi connectivity index (χ0n) is 9.34. The number of halogens is 2. The SMILES string of the molecule is CC(CBr)C(C)NC(=O)c1ccccc1Cl. The van der Waals surface area contributed by atoms with Gasteiger partial charge >= 0.3 is 0 Å². The van der Waals surface area contributed by atoms with Gasteiger partial charge in [-0.05, 0) is 25.0 Å². The molecule has 1 N–H and O–H groups in total. The van der Waals surface area contributed by atoms with Crippen molar-refractivity contribution in [2.45, 2.75) is 19.9 Å². The van der Waals surface area contributed by atoms with E-state index in [1.807, 2.05) is 13.0 Å². The molecule has 0 radical (unpaired) electrons. The predicted molar refractivity (Wildman–Crippen MR) is 71.3 cm³/mol. The van der Waals surface area contributed by atoms with Crippen LogP contribution in [-0.4, -0.2) is 17.3 Å². The molecule has 2 unspecified atom stereocenters.